The van der Waals surface area contributed by atoms with Gasteiger partial charge < -0.3 is 10.3 Å². The molecule has 0 bridgehead atoms. The quantitative estimate of drug-likeness (QED) is 0.889. The van der Waals surface area contributed by atoms with Crippen LogP contribution >= 0.6 is 0 Å². The molecule has 3 rings (SSSR count). The van der Waals surface area contributed by atoms with Crippen molar-refractivity contribution in [2.75, 3.05) is 0 Å². The van der Waals surface area contributed by atoms with Crippen molar-refractivity contribution in [3.05, 3.63) is 71.8 Å². The fourth-order valence-electron chi connectivity index (χ4n) is 3.78. The second-order valence-electron chi connectivity index (χ2n) is 6.65. The molecule has 2 atom stereocenters. The van der Waals surface area contributed by atoms with Gasteiger partial charge >= 0.3 is 0 Å². The molecule has 1 fully saturated rings. The first-order chi connectivity index (χ1) is 10.5. The van der Waals surface area contributed by atoms with E-state index in [-0.39, 0.29) is 0 Å². The van der Waals surface area contributed by atoms with Gasteiger partial charge in [-0.3, -0.25) is 0 Å². The summed E-state index contributed by atoms with van der Waals surface area (Å²) < 4.78 is 0. The van der Waals surface area contributed by atoms with Gasteiger partial charge in [-0.25, -0.2) is 0 Å². The highest BCUT2D eigenvalue weighted by Crippen LogP contribution is 2.47. The third kappa shape index (κ3) is 2.35. The number of aliphatic hydroxyl groups excluding tert-OH is 1. The summed E-state index contributed by atoms with van der Waals surface area (Å²) in [6.07, 6.45) is 0.560. The van der Waals surface area contributed by atoms with Gasteiger partial charge in [0.15, 0.2) is 0 Å². The molecule has 2 aromatic rings. The number of nitrogens with zero attached hydrogens (tertiary/aromatic N) is 1. The van der Waals surface area contributed by atoms with Crippen molar-refractivity contribution in [1.29, 1.82) is 0 Å². The maximum atomic E-state index is 11.1. The predicted molar refractivity (Wildman–Crippen MR) is 86.5 cm³/mol. The van der Waals surface area contributed by atoms with Crippen LogP contribution in [0.15, 0.2) is 60.7 Å². The van der Waals surface area contributed by atoms with E-state index in [0.29, 0.717) is 12.8 Å². The van der Waals surface area contributed by atoms with Gasteiger partial charge in [-0.15, -0.1) is 0 Å². The van der Waals surface area contributed by atoms with E-state index in [1.165, 1.54) is 5.06 Å². The van der Waals surface area contributed by atoms with Crippen LogP contribution < -0.4 is 0 Å². The molecule has 2 unspecified atom stereocenters. The Morgan fingerprint density at radius 1 is 0.818 bits per heavy atom. The predicted octanol–water partition coefficient (Wildman–Crippen LogP) is 3.66. The van der Waals surface area contributed by atoms with Gasteiger partial charge in [0.05, 0.1) is 17.2 Å². The molecule has 2 N–H and O–H groups in total. The summed E-state index contributed by atoms with van der Waals surface area (Å²) in [5, 5.41) is 23.0. The first-order valence-electron chi connectivity index (χ1n) is 7.75. The largest absolute Gasteiger partial charge is 0.393 e. The lowest BCUT2D eigenvalue weighted by molar-refractivity contribution is -0.277. The Morgan fingerprint density at radius 2 is 1.18 bits per heavy atom. The van der Waals surface area contributed by atoms with E-state index in [2.05, 4.69) is 0 Å². The molecular formula is C19H23NO2. The first-order valence-corrected chi connectivity index (χ1v) is 7.75. The molecule has 1 heterocycles. The molecule has 0 aromatic heterocycles. The third-order valence-corrected chi connectivity index (χ3v) is 4.99. The molecule has 1 aliphatic heterocycles. The number of rotatable bonds is 2. The van der Waals surface area contributed by atoms with Gasteiger partial charge in [0.1, 0.15) is 0 Å². The standard InChI is InChI=1S/C19H23NO2/c1-18(15-9-5-3-6-10-15)13-17(21)14-19(2,20(18)22)16-11-7-4-8-12-16/h3-12,17,21-22H,13-14H2,1-2H3. The molecule has 0 aliphatic carbocycles. The van der Waals surface area contributed by atoms with E-state index in [9.17, 15) is 10.3 Å². The molecule has 22 heavy (non-hydrogen) atoms. The third-order valence-electron chi connectivity index (χ3n) is 4.99. The molecule has 3 nitrogen and oxygen atoms in total. The minimum atomic E-state index is -0.622. The zero-order valence-corrected chi connectivity index (χ0v) is 13.1. The Kier molecular flexibility index (Phi) is 3.81. The van der Waals surface area contributed by atoms with E-state index in [4.69, 9.17) is 0 Å². The van der Waals surface area contributed by atoms with Crippen LogP contribution in [0.5, 0.6) is 0 Å². The number of aliphatic hydroxyl groups is 1. The molecule has 0 saturated carbocycles. The minimum absolute atomic E-state index is 0.459. The molecule has 0 amide bonds. The number of hydrogen-bond donors (Lipinski definition) is 2. The lowest BCUT2D eigenvalue weighted by Crippen LogP contribution is -2.59. The van der Waals surface area contributed by atoms with Crippen LogP contribution in [0.25, 0.3) is 0 Å². The summed E-state index contributed by atoms with van der Waals surface area (Å²) in [5.41, 5.74) is 0.782. The number of benzene rings is 2. The molecule has 1 aliphatic rings. The van der Waals surface area contributed by atoms with E-state index >= 15 is 0 Å². The maximum absolute atomic E-state index is 11.1. The number of hydroxylamine groups is 2. The Morgan fingerprint density at radius 3 is 1.55 bits per heavy atom. The van der Waals surface area contributed by atoms with Crippen molar-refractivity contribution in [1.82, 2.24) is 5.06 Å². The molecule has 116 valence electrons. The lowest BCUT2D eigenvalue weighted by Gasteiger charge is -2.53. The van der Waals surface area contributed by atoms with Crippen molar-refractivity contribution in [2.45, 2.75) is 43.9 Å². The molecule has 3 heteroatoms. The Labute approximate surface area is 131 Å². The highest BCUT2D eigenvalue weighted by Gasteiger charge is 2.51. The summed E-state index contributed by atoms with van der Waals surface area (Å²) in [6.45, 7) is 3.98. The normalized spacial score (nSPS) is 32.8. The molecule has 2 aromatic carbocycles. The first kappa shape index (κ1) is 15.2. The average molecular weight is 297 g/mol. The summed E-state index contributed by atoms with van der Waals surface area (Å²) in [5.74, 6) is 0. The SMILES string of the molecule is CC1(c2ccccc2)CC(O)CC(C)(c2ccccc2)N1O. The average Bonchev–Trinajstić information content (AvgIpc) is 2.54. The number of hydrogen-bond acceptors (Lipinski definition) is 3. The molecule has 0 radical (unpaired) electrons. The van der Waals surface area contributed by atoms with Gasteiger partial charge in [-0.1, -0.05) is 60.7 Å². The van der Waals surface area contributed by atoms with Crippen LogP contribution in [0.1, 0.15) is 37.8 Å². The second kappa shape index (κ2) is 5.51. The smallest absolute Gasteiger partial charge is 0.0715 e. The topological polar surface area (TPSA) is 43.7 Å². The zero-order valence-electron chi connectivity index (χ0n) is 13.1. The van der Waals surface area contributed by atoms with Gasteiger partial charge in [-0.05, 0) is 37.8 Å². The Bertz CT molecular complexity index is 575. The summed E-state index contributed by atoms with van der Waals surface area (Å²) >= 11 is 0. The molecule has 1 saturated heterocycles. The van der Waals surface area contributed by atoms with E-state index in [1.54, 1.807) is 0 Å². The fraction of sp³-hybridized carbons (Fsp3) is 0.368. The van der Waals surface area contributed by atoms with Crippen LogP contribution in [0.2, 0.25) is 0 Å². The van der Waals surface area contributed by atoms with E-state index in [1.807, 2.05) is 74.5 Å². The highest BCUT2D eigenvalue weighted by molar-refractivity contribution is 5.30. The van der Waals surface area contributed by atoms with Crippen molar-refractivity contribution in [3.63, 3.8) is 0 Å². The monoisotopic (exact) mass is 297 g/mol. The van der Waals surface area contributed by atoms with Gasteiger partial charge in [-0.2, -0.15) is 5.06 Å². The van der Waals surface area contributed by atoms with E-state index < -0.39 is 17.2 Å². The number of piperidine rings is 1. The van der Waals surface area contributed by atoms with E-state index in [0.717, 1.165) is 11.1 Å². The van der Waals surface area contributed by atoms with Crippen molar-refractivity contribution >= 4 is 0 Å². The Balaban J connectivity index is 2.08. The minimum Gasteiger partial charge on any atom is -0.393 e. The van der Waals surface area contributed by atoms with Crippen LogP contribution in [-0.2, 0) is 11.1 Å². The maximum Gasteiger partial charge on any atom is 0.0715 e. The highest BCUT2D eigenvalue weighted by atomic mass is 16.5. The Hall–Kier alpha value is -1.68. The lowest BCUT2D eigenvalue weighted by atomic mass is 9.72. The molecular weight excluding hydrogens is 274 g/mol. The van der Waals surface area contributed by atoms with Crippen LogP contribution in [0.4, 0.5) is 0 Å². The van der Waals surface area contributed by atoms with Crippen LogP contribution in [0, 0.1) is 0 Å². The fourth-order valence-corrected chi connectivity index (χ4v) is 3.78. The van der Waals surface area contributed by atoms with Crippen LogP contribution in [-0.4, -0.2) is 21.5 Å². The van der Waals surface area contributed by atoms with Gasteiger partial charge in [0.25, 0.3) is 0 Å². The van der Waals surface area contributed by atoms with Gasteiger partial charge in [0, 0.05) is 0 Å². The van der Waals surface area contributed by atoms with Crippen molar-refractivity contribution in [3.8, 4) is 0 Å². The van der Waals surface area contributed by atoms with Crippen molar-refractivity contribution in [2.24, 2.45) is 0 Å². The zero-order chi connectivity index (χ0) is 15.8. The van der Waals surface area contributed by atoms with Gasteiger partial charge in [0.2, 0.25) is 0 Å². The second-order valence-corrected chi connectivity index (χ2v) is 6.65. The summed E-state index contributed by atoms with van der Waals surface area (Å²) in [4.78, 5) is 0. The van der Waals surface area contributed by atoms with Crippen LogP contribution in [0.3, 0.4) is 0 Å². The summed E-state index contributed by atoms with van der Waals surface area (Å²) in [7, 11) is 0. The molecule has 0 spiro atoms. The summed E-state index contributed by atoms with van der Waals surface area (Å²) in [6, 6.07) is 19.8. The van der Waals surface area contributed by atoms with Crippen molar-refractivity contribution < 1.29 is 10.3 Å².